The van der Waals surface area contributed by atoms with Crippen molar-refractivity contribution in [2.24, 2.45) is 0 Å². The summed E-state index contributed by atoms with van der Waals surface area (Å²) in [5, 5.41) is -0.448. The van der Waals surface area contributed by atoms with Gasteiger partial charge in [-0.15, -0.1) is 11.8 Å². The quantitative estimate of drug-likeness (QED) is 0.470. The smallest absolute Gasteiger partial charge is 0.247 e. The first-order valence-corrected chi connectivity index (χ1v) is 4.16. The molecule has 9 heavy (non-hydrogen) atoms. The fraction of sp³-hybridized carbons (Fsp3) is 0.800. The van der Waals surface area contributed by atoms with Crippen LogP contribution >= 0.6 is 23.4 Å². The molecule has 4 heteroatoms. The summed E-state index contributed by atoms with van der Waals surface area (Å²) in [5.41, 5.74) is 0.0488. The number of carbonyl (C=O) groups is 1. The second-order valence-corrected chi connectivity index (χ2v) is 3.03. The third kappa shape index (κ3) is 6.15. The highest BCUT2D eigenvalue weighted by atomic mass is 35.5. The lowest BCUT2D eigenvalue weighted by Crippen LogP contribution is -2.08. The highest BCUT2D eigenvalue weighted by molar-refractivity contribution is 7.99. The Morgan fingerprint density at radius 3 is 2.78 bits per heavy atom. The first kappa shape index (κ1) is 9.27. The van der Waals surface area contributed by atoms with E-state index < -0.39 is 5.24 Å². The van der Waals surface area contributed by atoms with Gasteiger partial charge in [-0.05, 0) is 24.8 Å². The Balaban J connectivity index is 3.16. The van der Waals surface area contributed by atoms with Crippen LogP contribution in [0.5, 0.6) is 0 Å². The summed E-state index contributed by atoms with van der Waals surface area (Å²) in [7, 11) is 0. The van der Waals surface area contributed by atoms with Crippen molar-refractivity contribution >= 4 is 28.6 Å². The molecular weight excluding hydrogens is 160 g/mol. The van der Waals surface area contributed by atoms with E-state index in [1.54, 1.807) is 0 Å². The molecule has 1 atom stereocenters. The molecule has 0 radical (unpaired) electrons. The highest BCUT2D eigenvalue weighted by Gasteiger charge is 2.00. The maximum absolute atomic E-state index is 10.1. The predicted octanol–water partition coefficient (Wildman–Crippen LogP) is 1.48. The molecule has 0 rings (SSSR count). The van der Waals surface area contributed by atoms with E-state index in [0.717, 1.165) is 0 Å². The standard InChI is InChI=1S/C5H9ClO2S/c1-4(9-2)8-3-5(6)7/h4H,3H2,1-2H3. The van der Waals surface area contributed by atoms with E-state index in [4.69, 9.17) is 16.3 Å². The second-order valence-electron chi connectivity index (χ2n) is 1.47. The molecule has 0 aromatic rings. The lowest BCUT2D eigenvalue weighted by molar-refractivity contribution is -0.116. The van der Waals surface area contributed by atoms with Gasteiger partial charge in [0.25, 0.3) is 0 Å². The molecule has 0 aliphatic rings. The average molecular weight is 169 g/mol. The van der Waals surface area contributed by atoms with Gasteiger partial charge in [-0.1, -0.05) is 0 Å². The Labute approximate surface area is 63.9 Å². The van der Waals surface area contributed by atoms with Gasteiger partial charge >= 0.3 is 0 Å². The largest absolute Gasteiger partial charge is 0.359 e. The van der Waals surface area contributed by atoms with E-state index >= 15 is 0 Å². The van der Waals surface area contributed by atoms with E-state index in [1.165, 1.54) is 11.8 Å². The van der Waals surface area contributed by atoms with Crippen LogP contribution in [0.25, 0.3) is 0 Å². The van der Waals surface area contributed by atoms with Gasteiger partial charge in [-0.2, -0.15) is 0 Å². The third-order valence-electron chi connectivity index (χ3n) is 0.763. The highest BCUT2D eigenvalue weighted by Crippen LogP contribution is 2.05. The summed E-state index contributed by atoms with van der Waals surface area (Å²) in [5.74, 6) is 0. The van der Waals surface area contributed by atoms with Crippen LogP contribution in [-0.2, 0) is 9.53 Å². The molecule has 2 nitrogen and oxygen atoms in total. The molecule has 0 spiro atoms. The van der Waals surface area contributed by atoms with E-state index in [1.807, 2.05) is 13.2 Å². The van der Waals surface area contributed by atoms with E-state index in [0.29, 0.717) is 0 Å². The summed E-state index contributed by atoms with van der Waals surface area (Å²) in [4.78, 5) is 10.1. The van der Waals surface area contributed by atoms with Crippen LogP contribution in [0, 0.1) is 0 Å². The normalized spacial score (nSPS) is 13.2. The minimum Gasteiger partial charge on any atom is -0.359 e. The fourth-order valence-electron chi connectivity index (χ4n) is 0.251. The summed E-state index contributed by atoms with van der Waals surface area (Å²) in [6.45, 7) is 1.87. The first-order chi connectivity index (χ1) is 4.16. The van der Waals surface area contributed by atoms with Crippen LogP contribution in [0.15, 0.2) is 0 Å². The molecule has 0 aromatic carbocycles. The number of hydrogen-bond acceptors (Lipinski definition) is 3. The molecule has 0 fully saturated rings. The van der Waals surface area contributed by atoms with Gasteiger partial charge in [0, 0.05) is 0 Å². The molecule has 0 aliphatic heterocycles. The molecule has 0 N–H and O–H groups in total. The van der Waals surface area contributed by atoms with Crippen molar-refractivity contribution in [2.45, 2.75) is 12.4 Å². The Bertz CT molecular complexity index is 97.0. The van der Waals surface area contributed by atoms with Crippen molar-refractivity contribution in [1.82, 2.24) is 0 Å². The second kappa shape index (κ2) is 5.09. The van der Waals surface area contributed by atoms with Crippen LogP contribution in [-0.4, -0.2) is 23.5 Å². The minimum absolute atomic E-state index is 0.00353. The van der Waals surface area contributed by atoms with Crippen molar-refractivity contribution in [3.8, 4) is 0 Å². The Kier molecular flexibility index (Phi) is 5.24. The molecule has 0 aliphatic carbocycles. The van der Waals surface area contributed by atoms with E-state index in [-0.39, 0.29) is 12.0 Å². The summed E-state index contributed by atoms with van der Waals surface area (Å²) < 4.78 is 4.93. The zero-order valence-electron chi connectivity index (χ0n) is 5.39. The van der Waals surface area contributed by atoms with Gasteiger partial charge in [0.05, 0.1) is 0 Å². The topological polar surface area (TPSA) is 26.3 Å². The van der Waals surface area contributed by atoms with Gasteiger partial charge in [-0.3, -0.25) is 4.79 Å². The third-order valence-corrected chi connectivity index (χ3v) is 1.67. The van der Waals surface area contributed by atoms with Crippen molar-refractivity contribution in [3.63, 3.8) is 0 Å². The lowest BCUT2D eigenvalue weighted by Gasteiger charge is -2.05. The Morgan fingerprint density at radius 2 is 2.44 bits per heavy atom. The van der Waals surface area contributed by atoms with Crippen LogP contribution < -0.4 is 0 Å². The van der Waals surface area contributed by atoms with E-state index in [2.05, 4.69) is 0 Å². The number of rotatable bonds is 4. The van der Waals surface area contributed by atoms with Gasteiger partial charge in [0.1, 0.15) is 12.0 Å². The molecule has 0 heterocycles. The maximum atomic E-state index is 10.1. The van der Waals surface area contributed by atoms with Crippen molar-refractivity contribution in [1.29, 1.82) is 0 Å². The maximum Gasteiger partial charge on any atom is 0.247 e. The Morgan fingerprint density at radius 1 is 1.89 bits per heavy atom. The van der Waals surface area contributed by atoms with Gasteiger partial charge < -0.3 is 4.74 Å². The first-order valence-electron chi connectivity index (χ1n) is 2.49. The van der Waals surface area contributed by atoms with Crippen LogP contribution in [0.2, 0.25) is 0 Å². The number of thioether (sulfide) groups is 1. The van der Waals surface area contributed by atoms with Crippen LogP contribution in [0.3, 0.4) is 0 Å². The van der Waals surface area contributed by atoms with Crippen LogP contribution in [0.1, 0.15) is 6.92 Å². The molecule has 0 aromatic heterocycles. The molecule has 54 valence electrons. The zero-order valence-corrected chi connectivity index (χ0v) is 6.96. The lowest BCUT2D eigenvalue weighted by atomic mass is 10.8. The minimum atomic E-state index is -0.448. The molecule has 0 bridgehead atoms. The number of halogens is 1. The predicted molar refractivity (Wildman–Crippen MR) is 39.8 cm³/mol. The molecule has 0 saturated carbocycles. The Hall–Kier alpha value is 0.270. The molecule has 1 unspecified atom stereocenters. The van der Waals surface area contributed by atoms with Crippen molar-refractivity contribution in [3.05, 3.63) is 0 Å². The number of carbonyl (C=O) groups excluding carboxylic acids is 1. The summed E-state index contributed by atoms with van der Waals surface area (Å²) in [6.07, 6.45) is 1.91. The molecule has 0 saturated heterocycles. The zero-order chi connectivity index (χ0) is 7.28. The molecular formula is C5H9ClO2S. The number of ether oxygens (including phenoxy) is 1. The molecule has 0 amide bonds. The van der Waals surface area contributed by atoms with E-state index in [9.17, 15) is 4.79 Å². The van der Waals surface area contributed by atoms with Gasteiger partial charge in [0.15, 0.2) is 0 Å². The fourth-order valence-corrected chi connectivity index (χ4v) is 0.518. The SMILES string of the molecule is CSC(C)OCC(=O)Cl. The number of hydrogen-bond donors (Lipinski definition) is 0. The summed E-state index contributed by atoms with van der Waals surface area (Å²) >= 11 is 6.54. The van der Waals surface area contributed by atoms with Gasteiger partial charge in [-0.25, -0.2) is 0 Å². The van der Waals surface area contributed by atoms with Crippen LogP contribution in [0.4, 0.5) is 0 Å². The van der Waals surface area contributed by atoms with Crippen molar-refractivity contribution in [2.75, 3.05) is 12.9 Å². The summed E-state index contributed by atoms with van der Waals surface area (Å²) in [6, 6.07) is 0. The van der Waals surface area contributed by atoms with Crippen molar-refractivity contribution < 1.29 is 9.53 Å². The average Bonchev–Trinajstić information content (AvgIpc) is 1.83. The monoisotopic (exact) mass is 168 g/mol. The van der Waals surface area contributed by atoms with Gasteiger partial charge in [0.2, 0.25) is 5.24 Å².